The average Bonchev–Trinajstić information content (AvgIpc) is 3.09. The molecular weight excluding hydrogens is 325 g/mol. The molecule has 3 rings (SSSR count). The first-order valence-corrected chi connectivity index (χ1v) is 8.80. The van der Waals surface area contributed by atoms with Gasteiger partial charge in [-0.2, -0.15) is 0 Å². The molecule has 0 saturated carbocycles. The lowest BCUT2D eigenvalue weighted by molar-refractivity contribution is -0.138. The molecule has 0 bridgehead atoms. The Balaban J connectivity index is 1.58. The number of urea groups is 1. The number of carbonyl (C=O) groups is 2. The van der Waals surface area contributed by atoms with Gasteiger partial charge in [0.05, 0.1) is 6.42 Å². The van der Waals surface area contributed by atoms with Crippen LogP contribution in [0.5, 0.6) is 0 Å². The summed E-state index contributed by atoms with van der Waals surface area (Å²) < 4.78 is 13.0. The number of carbonyl (C=O) groups excluding carboxylic acids is 2. The van der Waals surface area contributed by atoms with Crippen LogP contribution >= 0.6 is 0 Å². The van der Waals surface area contributed by atoms with Crippen molar-refractivity contribution in [1.29, 1.82) is 0 Å². The van der Waals surface area contributed by atoms with E-state index in [9.17, 15) is 19.1 Å². The molecule has 7 heteroatoms. The van der Waals surface area contributed by atoms with Gasteiger partial charge in [0.25, 0.3) is 0 Å². The molecule has 2 saturated heterocycles. The van der Waals surface area contributed by atoms with Gasteiger partial charge in [-0.3, -0.25) is 14.6 Å². The van der Waals surface area contributed by atoms with Gasteiger partial charge in [0.1, 0.15) is 12.0 Å². The first kappa shape index (κ1) is 17.8. The standard InChI is InChI=1S/C18H24FN3O3/c19-15-5-3-14(4-6-15)7-10-21-16(23)13-17(24)22(18(21)25)12-11-20-8-1-2-9-20/h3-6,16,23H,1-2,7-13H2. The Morgan fingerprint density at radius 2 is 1.72 bits per heavy atom. The minimum Gasteiger partial charge on any atom is -0.373 e. The Hall–Kier alpha value is -1.99. The van der Waals surface area contributed by atoms with Crippen LogP contribution < -0.4 is 0 Å². The van der Waals surface area contributed by atoms with Gasteiger partial charge < -0.3 is 10.0 Å². The van der Waals surface area contributed by atoms with Gasteiger partial charge in [0.15, 0.2) is 0 Å². The molecule has 1 aromatic carbocycles. The van der Waals surface area contributed by atoms with Crippen LogP contribution in [-0.4, -0.2) is 70.7 Å². The Morgan fingerprint density at radius 1 is 1.04 bits per heavy atom. The predicted molar refractivity (Wildman–Crippen MR) is 90.2 cm³/mol. The molecule has 0 aliphatic carbocycles. The van der Waals surface area contributed by atoms with Crippen molar-refractivity contribution < 1.29 is 19.1 Å². The van der Waals surface area contributed by atoms with E-state index in [0.29, 0.717) is 26.1 Å². The summed E-state index contributed by atoms with van der Waals surface area (Å²) in [6.07, 6.45) is 1.64. The van der Waals surface area contributed by atoms with Crippen LogP contribution in [0.2, 0.25) is 0 Å². The molecule has 1 unspecified atom stereocenters. The summed E-state index contributed by atoms with van der Waals surface area (Å²) in [5.74, 6) is -0.633. The number of hydrogen-bond acceptors (Lipinski definition) is 4. The third-order valence-corrected chi connectivity index (χ3v) is 4.89. The van der Waals surface area contributed by atoms with Crippen LogP contribution in [-0.2, 0) is 11.2 Å². The fourth-order valence-electron chi connectivity index (χ4n) is 3.38. The molecule has 2 aliphatic rings. The lowest BCUT2D eigenvalue weighted by Gasteiger charge is -2.38. The smallest absolute Gasteiger partial charge is 0.328 e. The van der Waals surface area contributed by atoms with Gasteiger partial charge in [-0.05, 0) is 50.0 Å². The molecule has 2 heterocycles. The quantitative estimate of drug-likeness (QED) is 0.844. The van der Waals surface area contributed by atoms with E-state index in [1.54, 1.807) is 12.1 Å². The number of aliphatic hydroxyl groups excluding tert-OH is 1. The number of aliphatic hydroxyl groups is 1. The number of rotatable bonds is 6. The zero-order valence-corrected chi connectivity index (χ0v) is 14.2. The van der Waals surface area contributed by atoms with Crippen LogP contribution in [0.1, 0.15) is 24.8 Å². The molecule has 2 aliphatic heterocycles. The number of hydrogen-bond donors (Lipinski definition) is 1. The van der Waals surface area contributed by atoms with E-state index in [1.807, 2.05) is 0 Å². The van der Waals surface area contributed by atoms with Crippen LogP contribution in [0.15, 0.2) is 24.3 Å². The third-order valence-electron chi connectivity index (χ3n) is 4.89. The number of imide groups is 1. The fourth-order valence-corrected chi connectivity index (χ4v) is 3.38. The third kappa shape index (κ3) is 4.35. The highest BCUT2D eigenvalue weighted by molar-refractivity contribution is 5.97. The van der Waals surface area contributed by atoms with E-state index < -0.39 is 12.3 Å². The highest BCUT2D eigenvalue weighted by Crippen LogP contribution is 2.17. The van der Waals surface area contributed by atoms with Crippen molar-refractivity contribution in [2.75, 3.05) is 32.7 Å². The Kier molecular flexibility index (Phi) is 5.65. The van der Waals surface area contributed by atoms with E-state index >= 15 is 0 Å². The normalized spacial score (nSPS) is 22.1. The molecule has 3 amide bonds. The van der Waals surface area contributed by atoms with Crippen molar-refractivity contribution in [2.24, 2.45) is 0 Å². The van der Waals surface area contributed by atoms with Crippen molar-refractivity contribution in [3.05, 3.63) is 35.6 Å². The molecule has 1 atom stereocenters. The highest BCUT2D eigenvalue weighted by Gasteiger charge is 2.37. The molecule has 1 aromatic rings. The monoisotopic (exact) mass is 349 g/mol. The average molecular weight is 349 g/mol. The number of likely N-dealkylation sites (tertiary alicyclic amines) is 1. The molecule has 1 N–H and O–H groups in total. The minimum atomic E-state index is -1.09. The molecule has 0 radical (unpaired) electrons. The van der Waals surface area contributed by atoms with Crippen molar-refractivity contribution >= 4 is 11.9 Å². The predicted octanol–water partition coefficient (Wildman–Crippen LogP) is 1.44. The maximum Gasteiger partial charge on any atom is 0.328 e. The SMILES string of the molecule is O=C1CC(O)N(CCc2ccc(F)cc2)C(=O)N1CCN1CCCC1. The second kappa shape index (κ2) is 7.93. The lowest BCUT2D eigenvalue weighted by atomic mass is 10.1. The van der Waals surface area contributed by atoms with E-state index in [0.717, 1.165) is 31.5 Å². The Labute approximate surface area is 146 Å². The van der Waals surface area contributed by atoms with Gasteiger partial charge in [-0.15, -0.1) is 0 Å². The van der Waals surface area contributed by atoms with Gasteiger partial charge in [0.2, 0.25) is 5.91 Å². The maximum absolute atomic E-state index is 13.0. The highest BCUT2D eigenvalue weighted by atomic mass is 19.1. The molecule has 136 valence electrons. The summed E-state index contributed by atoms with van der Waals surface area (Å²) in [5.41, 5.74) is 0.877. The van der Waals surface area contributed by atoms with Crippen LogP contribution in [0, 0.1) is 5.82 Å². The number of benzene rings is 1. The van der Waals surface area contributed by atoms with Crippen molar-refractivity contribution in [3.63, 3.8) is 0 Å². The summed E-state index contributed by atoms with van der Waals surface area (Å²) in [4.78, 5) is 29.6. The van der Waals surface area contributed by atoms with Gasteiger partial charge in [-0.1, -0.05) is 12.1 Å². The van der Waals surface area contributed by atoms with Gasteiger partial charge in [-0.25, -0.2) is 9.18 Å². The number of nitrogens with zero attached hydrogens (tertiary/aromatic N) is 3. The van der Waals surface area contributed by atoms with Gasteiger partial charge >= 0.3 is 6.03 Å². The van der Waals surface area contributed by atoms with E-state index in [1.165, 1.54) is 21.9 Å². The minimum absolute atomic E-state index is 0.0742. The fraction of sp³-hybridized carbons (Fsp3) is 0.556. The second-order valence-corrected chi connectivity index (χ2v) is 6.63. The summed E-state index contributed by atoms with van der Waals surface area (Å²) in [6.45, 7) is 3.34. The summed E-state index contributed by atoms with van der Waals surface area (Å²) in [7, 11) is 0. The van der Waals surface area contributed by atoms with Gasteiger partial charge in [0, 0.05) is 19.6 Å². The molecule has 6 nitrogen and oxygen atoms in total. The maximum atomic E-state index is 13.0. The summed E-state index contributed by atoms with van der Waals surface area (Å²) >= 11 is 0. The Bertz CT molecular complexity index is 616. The summed E-state index contributed by atoms with van der Waals surface area (Å²) in [5, 5.41) is 10.1. The topological polar surface area (TPSA) is 64.1 Å². The molecule has 2 fully saturated rings. The molecular formula is C18H24FN3O3. The number of halogens is 1. The summed E-state index contributed by atoms with van der Waals surface area (Å²) in [6, 6.07) is 5.62. The van der Waals surface area contributed by atoms with Crippen molar-refractivity contribution in [2.45, 2.75) is 31.9 Å². The first-order chi connectivity index (χ1) is 12.0. The molecule has 0 aromatic heterocycles. The molecule has 0 spiro atoms. The first-order valence-electron chi connectivity index (χ1n) is 8.80. The lowest BCUT2D eigenvalue weighted by Crippen LogP contribution is -2.58. The van der Waals surface area contributed by atoms with E-state index in [4.69, 9.17) is 0 Å². The molecule has 25 heavy (non-hydrogen) atoms. The zero-order valence-electron chi connectivity index (χ0n) is 14.2. The van der Waals surface area contributed by atoms with E-state index in [2.05, 4.69) is 4.90 Å². The largest absolute Gasteiger partial charge is 0.373 e. The van der Waals surface area contributed by atoms with E-state index in [-0.39, 0.29) is 18.1 Å². The number of amides is 3. The second-order valence-electron chi connectivity index (χ2n) is 6.63. The van der Waals surface area contributed by atoms with Crippen LogP contribution in [0.25, 0.3) is 0 Å². The zero-order chi connectivity index (χ0) is 17.8. The van der Waals surface area contributed by atoms with Crippen molar-refractivity contribution in [3.8, 4) is 0 Å². The Morgan fingerprint density at radius 3 is 2.40 bits per heavy atom. The van der Waals surface area contributed by atoms with Crippen molar-refractivity contribution in [1.82, 2.24) is 14.7 Å². The van der Waals surface area contributed by atoms with Crippen LogP contribution in [0.3, 0.4) is 0 Å². The van der Waals surface area contributed by atoms with Crippen LogP contribution in [0.4, 0.5) is 9.18 Å².